The second-order valence-electron chi connectivity index (χ2n) is 5.74. The average Bonchev–Trinajstić information content (AvgIpc) is 2.66. The number of nitrogens with one attached hydrogen (secondary N) is 2. The molecular weight excluding hydrogens is 348 g/mol. The number of amides is 2. The van der Waals surface area contributed by atoms with Gasteiger partial charge in [0.05, 0.1) is 6.42 Å². The third kappa shape index (κ3) is 4.71. The van der Waals surface area contributed by atoms with E-state index in [0.717, 1.165) is 21.9 Å². The monoisotopic (exact) mass is 364 g/mol. The fourth-order valence-electron chi connectivity index (χ4n) is 2.58. The molecule has 0 bridgehead atoms. The predicted molar refractivity (Wildman–Crippen MR) is 104 cm³/mol. The molecule has 4 nitrogen and oxygen atoms in total. The highest BCUT2D eigenvalue weighted by Crippen LogP contribution is 2.18. The molecule has 0 aromatic heterocycles. The van der Waals surface area contributed by atoms with Crippen molar-refractivity contribution in [2.75, 3.05) is 0 Å². The molecule has 0 heterocycles. The molecule has 26 heavy (non-hydrogen) atoms. The standard InChI is InChI=1S/C21H17ClN2O2/c22-18-11-8-15(9-12-18)10-13-20(25)23-24-21(26)14-17-6-3-5-16-4-1-2-7-19(16)17/h1-13H,14H2,(H,23,25)(H,24,26)/b13-10+. The number of hydrazine groups is 1. The van der Waals surface area contributed by atoms with Crippen molar-refractivity contribution >= 4 is 40.3 Å². The summed E-state index contributed by atoms with van der Waals surface area (Å²) in [4.78, 5) is 23.9. The SMILES string of the molecule is O=C(/C=C/c1ccc(Cl)cc1)NNC(=O)Cc1cccc2ccccc12. The molecule has 0 aliphatic rings. The minimum absolute atomic E-state index is 0.183. The topological polar surface area (TPSA) is 58.2 Å². The highest BCUT2D eigenvalue weighted by atomic mass is 35.5. The summed E-state index contributed by atoms with van der Waals surface area (Å²) in [5.41, 5.74) is 6.56. The van der Waals surface area contributed by atoms with Gasteiger partial charge in [-0.1, -0.05) is 66.2 Å². The maximum absolute atomic E-state index is 12.1. The molecule has 2 amide bonds. The second kappa shape index (κ2) is 8.32. The maximum Gasteiger partial charge on any atom is 0.262 e. The van der Waals surface area contributed by atoms with E-state index in [0.29, 0.717) is 5.02 Å². The van der Waals surface area contributed by atoms with Gasteiger partial charge in [0.1, 0.15) is 0 Å². The molecule has 0 saturated carbocycles. The Balaban J connectivity index is 1.55. The van der Waals surface area contributed by atoms with Crippen LogP contribution < -0.4 is 10.9 Å². The molecule has 0 fully saturated rings. The maximum atomic E-state index is 12.1. The summed E-state index contributed by atoms with van der Waals surface area (Å²) in [7, 11) is 0. The number of fused-ring (bicyclic) bond motifs is 1. The van der Waals surface area contributed by atoms with Gasteiger partial charge in [0.25, 0.3) is 5.91 Å². The van der Waals surface area contributed by atoms with Crippen LogP contribution in [-0.2, 0) is 16.0 Å². The molecular formula is C21H17ClN2O2. The molecule has 0 spiro atoms. The van der Waals surface area contributed by atoms with E-state index in [-0.39, 0.29) is 12.3 Å². The van der Waals surface area contributed by atoms with Crippen LogP contribution in [0.2, 0.25) is 5.02 Å². The van der Waals surface area contributed by atoms with E-state index in [9.17, 15) is 9.59 Å². The van der Waals surface area contributed by atoms with E-state index in [2.05, 4.69) is 10.9 Å². The van der Waals surface area contributed by atoms with Gasteiger partial charge in [-0.3, -0.25) is 20.4 Å². The van der Waals surface area contributed by atoms with Gasteiger partial charge in [-0.25, -0.2) is 0 Å². The molecule has 3 aromatic carbocycles. The van der Waals surface area contributed by atoms with Crippen LogP contribution in [0.4, 0.5) is 0 Å². The lowest BCUT2D eigenvalue weighted by molar-refractivity contribution is -0.126. The first-order valence-corrected chi connectivity index (χ1v) is 8.49. The van der Waals surface area contributed by atoms with E-state index in [4.69, 9.17) is 11.6 Å². The number of carbonyl (C=O) groups is 2. The molecule has 0 unspecified atom stereocenters. The minimum atomic E-state index is -0.411. The van der Waals surface area contributed by atoms with Crippen molar-refractivity contribution in [3.8, 4) is 0 Å². The summed E-state index contributed by atoms with van der Waals surface area (Å²) in [6.45, 7) is 0. The Morgan fingerprint density at radius 2 is 1.62 bits per heavy atom. The zero-order chi connectivity index (χ0) is 18.4. The van der Waals surface area contributed by atoms with E-state index >= 15 is 0 Å². The quantitative estimate of drug-likeness (QED) is 0.545. The molecule has 3 rings (SSSR count). The number of hydrogen-bond donors (Lipinski definition) is 2. The smallest absolute Gasteiger partial charge is 0.262 e. The van der Waals surface area contributed by atoms with Gasteiger partial charge in [0, 0.05) is 11.1 Å². The van der Waals surface area contributed by atoms with Crippen molar-refractivity contribution in [3.63, 3.8) is 0 Å². The summed E-state index contributed by atoms with van der Waals surface area (Å²) < 4.78 is 0. The zero-order valence-electron chi connectivity index (χ0n) is 13.9. The second-order valence-corrected chi connectivity index (χ2v) is 6.17. The first kappa shape index (κ1) is 17.7. The number of hydrogen-bond acceptors (Lipinski definition) is 2. The van der Waals surface area contributed by atoms with E-state index in [1.807, 2.05) is 42.5 Å². The van der Waals surface area contributed by atoms with Gasteiger partial charge in [0.2, 0.25) is 5.91 Å². The Bertz CT molecular complexity index is 960. The number of carbonyl (C=O) groups excluding carboxylic acids is 2. The van der Waals surface area contributed by atoms with Gasteiger partial charge in [-0.15, -0.1) is 0 Å². The summed E-state index contributed by atoms with van der Waals surface area (Å²) >= 11 is 5.81. The molecule has 2 N–H and O–H groups in total. The van der Waals surface area contributed by atoms with Crippen LogP contribution >= 0.6 is 11.6 Å². The lowest BCUT2D eigenvalue weighted by Crippen LogP contribution is -2.41. The van der Waals surface area contributed by atoms with Crippen molar-refractivity contribution in [2.45, 2.75) is 6.42 Å². The Kier molecular flexibility index (Phi) is 5.66. The van der Waals surface area contributed by atoms with Crippen LogP contribution in [-0.4, -0.2) is 11.8 Å². The molecule has 0 aliphatic carbocycles. The predicted octanol–water partition coefficient (Wildman–Crippen LogP) is 3.90. The Morgan fingerprint density at radius 3 is 2.42 bits per heavy atom. The minimum Gasteiger partial charge on any atom is -0.273 e. The van der Waals surface area contributed by atoms with Crippen molar-refractivity contribution in [1.29, 1.82) is 0 Å². The van der Waals surface area contributed by atoms with E-state index in [1.54, 1.807) is 30.3 Å². The molecule has 3 aromatic rings. The number of benzene rings is 3. The summed E-state index contributed by atoms with van der Waals surface area (Å²) in [5, 5.41) is 2.74. The number of rotatable bonds is 4. The Hall–Kier alpha value is -3.11. The molecule has 5 heteroatoms. The molecule has 0 atom stereocenters. The van der Waals surface area contributed by atoms with Crippen molar-refractivity contribution in [1.82, 2.24) is 10.9 Å². The Morgan fingerprint density at radius 1 is 0.885 bits per heavy atom. The zero-order valence-corrected chi connectivity index (χ0v) is 14.7. The van der Waals surface area contributed by atoms with Crippen molar-refractivity contribution in [3.05, 3.63) is 89.0 Å². The fraction of sp³-hybridized carbons (Fsp3) is 0.0476. The number of halogens is 1. The first-order chi connectivity index (χ1) is 12.6. The van der Waals surface area contributed by atoms with Crippen LogP contribution in [0.3, 0.4) is 0 Å². The van der Waals surface area contributed by atoms with Crippen LogP contribution in [0.25, 0.3) is 16.8 Å². The van der Waals surface area contributed by atoms with Gasteiger partial charge in [0.15, 0.2) is 0 Å². The lowest BCUT2D eigenvalue weighted by atomic mass is 10.0. The molecule has 0 saturated heterocycles. The lowest BCUT2D eigenvalue weighted by Gasteiger charge is -2.08. The normalized spacial score (nSPS) is 10.8. The first-order valence-electron chi connectivity index (χ1n) is 8.11. The van der Waals surface area contributed by atoms with Gasteiger partial charge in [-0.05, 0) is 40.1 Å². The summed E-state index contributed by atoms with van der Waals surface area (Å²) in [6.07, 6.45) is 3.17. The van der Waals surface area contributed by atoms with Crippen LogP contribution in [0.15, 0.2) is 72.8 Å². The molecule has 0 aliphatic heterocycles. The van der Waals surface area contributed by atoms with Crippen molar-refractivity contribution in [2.24, 2.45) is 0 Å². The third-order valence-electron chi connectivity index (χ3n) is 3.85. The van der Waals surface area contributed by atoms with Crippen LogP contribution in [0.1, 0.15) is 11.1 Å². The average molecular weight is 365 g/mol. The largest absolute Gasteiger partial charge is 0.273 e. The van der Waals surface area contributed by atoms with Gasteiger partial charge < -0.3 is 0 Å². The van der Waals surface area contributed by atoms with E-state index < -0.39 is 5.91 Å². The van der Waals surface area contributed by atoms with Gasteiger partial charge >= 0.3 is 0 Å². The molecule has 130 valence electrons. The highest BCUT2D eigenvalue weighted by Gasteiger charge is 2.07. The summed E-state index contributed by atoms with van der Waals surface area (Å²) in [6, 6.07) is 20.8. The molecule has 0 radical (unpaired) electrons. The van der Waals surface area contributed by atoms with Gasteiger partial charge in [-0.2, -0.15) is 0 Å². The van der Waals surface area contributed by atoms with E-state index in [1.165, 1.54) is 6.08 Å². The van der Waals surface area contributed by atoms with Crippen LogP contribution in [0.5, 0.6) is 0 Å². The fourth-order valence-corrected chi connectivity index (χ4v) is 2.71. The highest BCUT2D eigenvalue weighted by molar-refractivity contribution is 6.30. The third-order valence-corrected chi connectivity index (χ3v) is 4.11. The Labute approximate surface area is 156 Å². The summed E-state index contributed by atoms with van der Waals surface area (Å²) in [5.74, 6) is -0.694. The van der Waals surface area contributed by atoms with Crippen molar-refractivity contribution < 1.29 is 9.59 Å². The van der Waals surface area contributed by atoms with Crippen LogP contribution in [0, 0.1) is 0 Å².